The normalized spacial score (nSPS) is 13.5. The highest BCUT2D eigenvalue weighted by atomic mass is 32.2. The van der Waals surface area contributed by atoms with E-state index in [0.717, 1.165) is 20.8 Å². The monoisotopic (exact) mass is 421 g/mol. The van der Waals surface area contributed by atoms with Crippen LogP contribution in [-0.2, 0) is 16.9 Å². The number of halogens is 4. The van der Waals surface area contributed by atoms with Crippen LogP contribution in [0, 0.1) is 13.8 Å². The number of fused-ring (bicyclic) bond motifs is 1. The summed E-state index contributed by atoms with van der Waals surface area (Å²) in [5.41, 5.74) is 1.90. The third-order valence-electron chi connectivity index (χ3n) is 3.71. The van der Waals surface area contributed by atoms with Crippen molar-refractivity contribution in [3.8, 4) is 5.75 Å². The molecule has 0 saturated carbocycles. The van der Waals surface area contributed by atoms with Gasteiger partial charge < -0.3 is 9.29 Å². The fourth-order valence-corrected chi connectivity index (χ4v) is 4.29. The summed E-state index contributed by atoms with van der Waals surface area (Å²) >= 11 is 0.0418. The molecule has 3 heterocycles. The molecule has 1 unspecified atom stereocenters. The van der Waals surface area contributed by atoms with Crippen LogP contribution in [0.5, 0.6) is 5.75 Å². The molecule has 3 aromatic heterocycles. The van der Waals surface area contributed by atoms with E-state index in [0.29, 0.717) is 5.69 Å². The lowest BCUT2D eigenvalue weighted by Gasteiger charge is -2.16. The molecule has 0 aliphatic rings. The van der Waals surface area contributed by atoms with Gasteiger partial charge >= 0.3 is 17.5 Å². The molecule has 27 heavy (non-hydrogen) atoms. The van der Waals surface area contributed by atoms with Gasteiger partial charge in [0.25, 0.3) is 0 Å². The van der Waals surface area contributed by atoms with Crippen molar-refractivity contribution in [3.05, 3.63) is 33.8 Å². The van der Waals surface area contributed by atoms with Crippen molar-refractivity contribution in [1.82, 2.24) is 15.0 Å². The summed E-state index contributed by atoms with van der Waals surface area (Å²) in [5, 5.41) is 0.288. The number of imidazole rings is 1. The molecule has 5 nitrogen and oxygen atoms in total. The van der Waals surface area contributed by atoms with Gasteiger partial charge in [0.05, 0.1) is 11.2 Å². The zero-order chi connectivity index (χ0) is 19.8. The molecular formula is C16H15F4N3O2S2. The molecule has 0 spiro atoms. The number of nitrogens with zero attached hydrogens (tertiary/aromatic N) is 2. The van der Waals surface area contributed by atoms with Crippen molar-refractivity contribution in [1.29, 1.82) is 0 Å². The largest absolute Gasteiger partial charge is 0.609 e. The fraction of sp³-hybridized carbons (Fsp3) is 0.375. The molecular weight excluding hydrogens is 406 g/mol. The minimum absolute atomic E-state index is 0.0277. The van der Waals surface area contributed by atoms with Crippen LogP contribution in [0.4, 0.5) is 17.6 Å². The molecule has 1 atom stereocenters. The molecule has 0 aromatic carbocycles. The Morgan fingerprint density at radius 3 is 2.74 bits per heavy atom. The van der Waals surface area contributed by atoms with Gasteiger partial charge in [-0.3, -0.25) is 9.97 Å². The van der Waals surface area contributed by atoms with Crippen LogP contribution in [-0.4, -0.2) is 38.5 Å². The summed E-state index contributed by atoms with van der Waals surface area (Å²) in [5.74, 6) is -4.33. The van der Waals surface area contributed by atoms with E-state index in [2.05, 4.69) is 15.0 Å². The van der Waals surface area contributed by atoms with Gasteiger partial charge in [-0.25, -0.2) is 8.78 Å². The lowest BCUT2D eigenvalue weighted by atomic mass is 10.3. The number of nitrogens with one attached hydrogen (secondary N) is 1. The predicted molar refractivity (Wildman–Crippen MR) is 94.2 cm³/mol. The van der Waals surface area contributed by atoms with Crippen molar-refractivity contribution in [3.63, 3.8) is 0 Å². The van der Waals surface area contributed by atoms with Crippen molar-refractivity contribution < 1.29 is 26.9 Å². The molecule has 11 heteroatoms. The highest BCUT2D eigenvalue weighted by Gasteiger charge is 2.41. The molecule has 0 bridgehead atoms. The number of alkyl halides is 4. The van der Waals surface area contributed by atoms with Crippen LogP contribution in [0.25, 0.3) is 11.0 Å². The number of pyridine rings is 1. The molecule has 0 amide bonds. The summed E-state index contributed by atoms with van der Waals surface area (Å²) in [6.07, 6.45) is -2.54. The quantitative estimate of drug-likeness (QED) is 0.458. The van der Waals surface area contributed by atoms with Gasteiger partial charge in [-0.1, -0.05) is 0 Å². The van der Waals surface area contributed by atoms with Crippen molar-refractivity contribution in [2.45, 2.75) is 37.1 Å². The molecule has 1 N–H and O–H groups in total. The number of thiophene rings is 1. The Labute approximate surface area is 159 Å². The number of aryl methyl sites for hydroxylation is 2. The minimum atomic E-state index is -4.25. The summed E-state index contributed by atoms with van der Waals surface area (Å²) in [4.78, 5) is 13.4. The predicted octanol–water partition coefficient (Wildman–Crippen LogP) is 4.22. The van der Waals surface area contributed by atoms with Crippen LogP contribution < -0.4 is 4.74 Å². The number of hydrogen-bond acceptors (Lipinski definition) is 5. The van der Waals surface area contributed by atoms with Gasteiger partial charge in [0.1, 0.15) is 11.3 Å². The molecule has 0 radical (unpaired) electrons. The number of rotatable bonds is 7. The second kappa shape index (κ2) is 7.64. The maximum Gasteiger partial charge on any atom is 0.340 e. The fourth-order valence-electron chi connectivity index (χ4n) is 2.37. The van der Waals surface area contributed by atoms with Gasteiger partial charge in [0, 0.05) is 33.2 Å². The number of aromatic amines is 1. The zero-order valence-electron chi connectivity index (χ0n) is 14.3. The Kier molecular flexibility index (Phi) is 5.63. The standard InChI is InChI=1S/C16H15F4N3O2S2/c1-8-12-13(9(2)26-8)23-15(22-12)27(24)6-10-5-11(3-4-21-10)25-7-16(19,20)14(17)18/h3-5,14H,6-7H2,1-2H3,(H,22,23). The lowest BCUT2D eigenvalue weighted by Crippen LogP contribution is -2.33. The Hall–Kier alpha value is -1.85. The topological polar surface area (TPSA) is 73.9 Å². The molecule has 0 fully saturated rings. The number of H-pyrrole nitrogens is 1. The second-order valence-electron chi connectivity index (χ2n) is 5.80. The van der Waals surface area contributed by atoms with Crippen LogP contribution in [0.3, 0.4) is 0 Å². The number of ether oxygens (including phenoxy) is 1. The first-order valence-corrected chi connectivity index (χ1v) is 9.88. The van der Waals surface area contributed by atoms with E-state index in [1.54, 1.807) is 11.3 Å². The molecule has 3 rings (SSSR count). The average molecular weight is 421 g/mol. The third kappa shape index (κ3) is 4.36. The van der Waals surface area contributed by atoms with Gasteiger partial charge in [-0.15, -0.1) is 11.3 Å². The molecule has 0 aliphatic carbocycles. The molecule has 0 saturated heterocycles. The van der Waals surface area contributed by atoms with Gasteiger partial charge in [-0.2, -0.15) is 13.8 Å². The summed E-state index contributed by atoms with van der Waals surface area (Å²) in [6.45, 7) is 2.40. The SMILES string of the molecule is Cc1sc(C)c2[nH]c([S+]([O-])Cc3cc(OCC(F)(F)C(F)F)ccn3)nc12. The van der Waals surface area contributed by atoms with Crippen molar-refractivity contribution in [2.75, 3.05) is 6.61 Å². The highest BCUT2D eigenvalue weighted by molar-refractivity contribution is 7.90. The first-order chi connectivity index (χ1) is 12.7. The second-order valence-corrected chi connectivity index (χ2v) is 8.60. The maximum atomic E-state index is 12.9. The Balaban J connectivity index is 1.70. The van der Waals surface area contributed by atoms with E-state index in [4.69, 9.17) is 4.74 Å². The maximum absolute atomic E-state index is 12.9. The average Bonchev–Trinajstić information content (AvgIpc) is 3.15. The summed E-state index contributed by atoms with van der Waals surface area (Å²) < 4.78 is 67.5. The molecule has 3 aromatic rings. The summed E-state index contributed by atoms with van der Waals surface area (Å²) in [6, 6.07) is 2.56. The van der Waals surface area contributed by atoms with Crippen molar-refractivity contribution in [2.24, 2.45) is 0 Å². The van der Waals surface area contributed by atoms with E-state index in [-0.39, 0.29) is 16.7 Å². The van der Waals surface area contributed by atoms with Gasteiger partial charge in [0.2, 0.25) is 0 Å². The van der Waals surface area contributed by atoms with E-state index < -0.39 is 30.1 Å². The first kappa shape index (κ1) is 19.9. The van der Waals surface area contributed by atoms with Crippen LogP contribution in [0.15, 0.2) is 23.5 Å². The highest BCUT2D eigenvalue weighted by Crippen LogP contribution is 2.30. The van der Waals surface area contributed by atoms with Gasteiger partial charge in [-0.05, 0) is 19.9 Å². The van der Waals surface area contributed by atoms with E-state index in [9.17, 15) is 22.1 Å². The van der Waals surface area contributed by atoms with Gasteiger partial charge in [0.15, 0.2) is 12.4 Å². The van der Waals surface area contributed by atoms with Crippen LogP contribution in [0.1, 0.15) is 15.4 Å². The molecule has 0 aliphatic heterocycles. The van der Waals surface area contributed by atoms with Crippen LogP contribution >= 0.6 is 11.3 Å². The first-order valence-electron chi connectivity index (χ1n) is 7.75. The Bertz CT molecular complexity index is 911. The third-order valence-corrected chi connectivity index (χ3v) is 5.90. The van der Waals surface area contributed by atoms with E-state index in [1.165, 1.54) is 18.3 Å². The van der Waals surface area contributed by atoms with E-state index >= 15 is 0 Å². The molecule has 146 valence electrons. The van der Waals surface area contributed by atoms with Crippen LogP contribution in [0.2, 0.25) is 0 Å². The van der Waals surface area contributed by atoms with Crippen molar-refractivity contribution >= 4 is 33.5 Å². The zero-order valence-corrected chi connectivity index (χ0v) is 15.9. The number of aromatic nitrogens is 3. The Morgan fingerprint density at radius 1 is 1.33 bits per heavy atom. The lowest BCUT2D eigenvalue weighted by molar-refractivity contribution is -0.148. The van der Waals surface area contributed by atoms with E-state index in [1.807, 2.05) is 13.8 Å². The minimum Gasteiger partial charge on any atom is -0.609 e. The Morgan fingerprint density at radius 2 is 2.07 bits per heavy atom. The summed E-state index contributed by atoms with van der Waals surface area (Å²) in [7, 11) is 0. The smallest absolute Gasteiger partial charge is 0.340 e. The number of hydrogen-bond donors (Lipinski definition) is 1.